The average Bonchev–Trinajstić information content (AvgIpc) is 2.87. The van der Waals surface area contributed by atoms with Crippen LogP contribution in [0.25, 0.3) is 0 Å². The zero-order valence-corrected chi connectivity index (χ0v) is 10.8. The van der Waals surface area contributed by atoms with Gasteiger partial charge in [-0.3, -0.25) is 0 Å². The molecule has 19 heavy (non-hydrogen) atoms. The van der Waals surface area contributed by atoms with Gasteiger partial charge in [-0.1, -0.05) is 12.1 Å². The third-order valence-electron chi connectivity index (χ3n) is 3.83. The second-order valence-electron chi connectivity index (χ2n) is 5.16. The summed E-state index contributed by atoms with van der Waals surface area (Å²) < 4.78 is 12.8. The van der Waals surface area contributed by atoms with Gasteiger partial charge in [-0.2, -0.15) is 0 Å². The summed E-state index contributed by atoms with van der Waals surface area (Å²) in [4.78, 5) is 7.30. The van der Waals surface area contributed by atoms with Crippen LogP contribution in [0.1, 0.15) is 30.1 Å². The molecule has 0 spiro atoms. The highest BCUT2D eigenvalue weighted by molar-refractivity contribution is 5.23. The minimum atomic E-state index is -0.156. The van der Waals surface area contributed by atoms with Gasteiger partial charge >= 0.3 is 0 Å². The van der Waals surface area contributed by atoms with Crippen molar-refractivity contribution < 1.29 is 4.39 Å². The minimum Gasteiger partial charge on any atom is -0.349 e. The number of H-pyrrole nitrogens is 1. The van der Waals surface area contributed by atoms with Gasteiger partial charge in [0, 0.05) is 31.4 Å². The lowest BCUT2D eigenvalue weighted by atomic mass is 9.76. The predicted molar refractivity (Wildman–Crippen MR) is 72.5 cm³/mol. The van der Waals surface area contributed by atoms with Gasteiger partial charge in [0.15, 0.2) is 0 Å². The molecule has 3 rings (SSSR count). The van der Waals surface area contributed by atoms with Crippen LogP contribution in [-0.2, 0) is 6.42 Å². The standard InChI is InChI=1S/C15H18FN3/c16-13-3-1-11(2-4-13)12-9-14(10-12)17-6-5-15-18-7-8-19-15/h1-4,7-8,12,14,17H,5-6,9-10H2,(H,18,19). The van der Waals surface area contributed by atoms with E-state index in [1.165, 1.54) is 5.56 Å². The van der Waals surface area contributed by atoms with Crippen LogP contribution < -0.4 is 5.32 Å². The van der Waals surface area contributed by atoms with Crippen molar-refractivity contribution in [3.63, 3.8) is 0 Å². The SMILES string of the molecule is Fc1ccc(C2CC(NCCc3ncc[nH]3)C2)cc1. The van der Waals surface area contributed by atoms with Gasteiger partial charge in [-0.05, 0) is 36.5 Å². The van der Waals surface area contributed by atoms with Gasteiger partial charge in [-0.25, -0.2) is 9.37 Å². The maximum absolute atomic E-state index is 12.8. The molecule has 1 aliphatic rings. The molecule has 0 atom stereocenters. The van der Waals surface area contributed by atoms with Crippen molar-refractivity contribution in [3.8, 4) is 0 Å². The second kappa shape index (κ2) is 5.53. The summed E-state index contributed by atoms with van der Waals surface area (Å²) >= 11 is 0. The van der Waals surface area contributed by atoms with Gasteiger partial charge < -0.3 is 10.3 Å². The van der Waals surface area contributed by atoms with E-state index in [0.717, 1.165) is 31.6 Å². The number of hydrogen-bond acceptors (Lipinski definition) is 2. The Kier molecular flexibility index (Phi) is 3.60. The number of benzene rings is 1. The minimum absolute atomic E-state index is 0.156. The fraction of sp³-hybridized carbons (Fsp3) is 0.400. The lowest BCUT2D eigenvalue weighted by Crippen LogP contribution is -2.41. The van der Waals surface area contributed by atoms with Crippen molar-refractivity contribution in [1.82, 2.24) is 15.3 Å². The first-order chi connectivity index (χ1) is 9.31. The third-order valence-corrected chi connectivity index (χ3v) is 3.83. The highest BCUT2D eigenvalue weighted by Crippen LogP contribution is 2.36. The molecule has 0 unspecified atom stereocenters. The van der Waals surface area contributed by atoms with E-state index >= 15 is 0 Å². The molecular formula is C15H18FN3. The molecule has 1 saturated carbocycles. The average molecular weight is 259 g/mol. The molecular weight excluding hydrogens is 241 g/mol. The van der Waals surface area contributed by atoms with E-state index in [2.05, 4.69) is 15.3 Å². The Morgan fingerprint density at radius 1 is 1.26 bits per heavy atom. The molecule has 4 heteroatoms. The third kappa shape index (κ3) is 3.01. The van der Waals surface area contributed by atoms with Crippen LogP contribution in [0.15, 0.2) is 36.7 Å². The highest BCUT2D eigenvalue weighted by atomic mass is 19.1. The number of rotatable bonds is 5. The van der Waals surface area contributed by atoms with Crippen molar-refractivity contribution in [3.05, 3.63) is 53.9 Å². The number of nitrogens with one attached hydrogen (secondary N) is 2. The Hall–Kier alpha value is -1.68. The first-order valence-electron chi connectivity index (χ1n) is 6.78. The van der Waals surface area contributed by atoms with Gasteiger partial charge in [0.05, 0.1) is 0 Å². The zero-order valence-electron chi connectivity index (χ0n) is 10.8. The Morgan fingerprint density at radius 2 is 2.05 bits per heavy atom. The molecule has 0 amide bonds. The van der Waals surface area contributed by atoms with Crippen LogP contribution in [-0.4, -0.2) is 22.6 Å². The Morgan fingerprint density at radius 3 is 2.74 bits per heavy atom. The molecule has 1 aromatic carbocycles. The summed E-state index contributed by atoms with van der Waals surface area (Å²) in [7, 11) is 0. The molecule has 1 aromatic heterocycles. The lowest BCUT2D eigenvalue weighted by molar-refractivity contribution is 0.292. The van der Waals surface area contributed by atoms with E-state index in [-0.39, 0.29) is 5.82 Å². The number of imidazole rings is 1. The zero-order chi connectivity index (χ0) is 13.1. The van der Waals surface area contributed by atoms with E-state index in [0.29, 0.717) is 12.0 Å². The van der Waals surface area contributed by atoms with E-state index < -0.39 is 0 Å². The fourth-order valence-electron chi connectivity index (χ4n) is 2.62. The number of hydrogen-bond donors (Lipinski definition) is 2. The first-order valence-corrected chi connectivity index (χ1v) is 6.78. The van der Waals surface area contributed by atoms with Crippen molar-refractivity contribution in [1.29, 1.82) is 0 Å². The molecule has 0 radical (unpaired) electrons. The van der Waals surface area contributed by atoms with Gasteiger partial charge in [0.25, 0.3) is 0 Å². The molecule has 2 N–H and O–H groups in total. The van der Waals surface area contributed by atoms with Gasteiger partial charge in [-0.15, -0.1) is 0 Å². The van der Waals surface area contributed by atoms with Crippen LogP contribution in [0.4, 0.5) is 4.39 Å². The maximum atomic E-state index is 12.8. The van der Waals surface area contributed by atoms with Crippen LogP contribution in [0.5, 0.6) is 0 Å². The summed E-state index contributed by atoms with van der Waals surface area (Å²) in [5, 5.41) is 3.53. The summed E-state index contributed by atoms with van der Waals surface area (Å²) in [5.41, 5.74) is 1.26. The highest BCUT2D eigenvalue weighted by Gasteiger charge is 2.29. The van der Waals surface area contributed by atoms with Crippen molar-refractivity contribution in [2.45, 2.75) is 31.2 Å². The molecule has 0 aliphatic heterocycles. The molecule has 2 aromatic rings. The Labute approximate surface area is 112 Å². The number of aromatic nitrogens is 2. The Balaban J connectivity index is 1.39. The number of halogens is 1. The van der Waals surface area contributed by atoms with Crippen LogP contribution in [0.2, 0.25) is 0 Å². The number of aromatic amines is 1. The second-order valence-corrected chi connectivity index (χ2v) is 5.16. The summed E-state index contributed by atoms with van der Waals surface area (Å²) in [6.07, 6.45) is 6.85. The Bertz CT molecular complexity index is 501. The van der Waals surface area contributed by atoms with E-state index in [1.54, 1.807) is 18.3 Å². The topological polar surface area (TPSA) is 40.7 Å². The number of nitrogens with zero attached hydrogens (tertiary/aromatic N) is 1. The molecule has 0 saturated heterocycles. The van der Waals surface area contributed by atoms with Crippen molar-refractivity contribution in [2.75, 3.05) is 6.54 Å². The first kappa shape index (κ1) is 12.4. The smallest absolute Gasteiger partial charge is 0.123 e. The van der Waals surface area contributed by atoms with Gasteiger partial charge in [0.1, 0.15) is 11.6 Å². The molecule has 1 aliphatic carbocycles. The normalized spacial score (nSPS) is 22.2. The lowest BCUT2D eigenvalue weighted by Gasteiger charge is -2.36. The molecule has 100 valence electrons. The quantitative estimate of drug-likeness (QED) is 0.866. The van der Waals surface area contributed by atoms with E-state index in [1.807, 2.05) is 18.3 Å². The molecule has 3 nitrogen and oxygen atoms in total. The molecule has 1 fully saturated rings. The molecule has 1 heterocycles. The van der Waals surface area contributed by atoms with Crippen molar-refractivity contribution >= 4 is 0 Å². The summed E-state index contributed by atoms with van der Waals surface area (Å²) in [6, 6.07) is 7.49. The predicted octanol–water partition coefficient (Wildman–Crippen LogP) is 2.63. The largest absolute Gasteiger partial charge is 0.349 e. The molecule has 0 bridgehead atoms. The van der Waals surface area contributed by atoms with Crippen LogP contribution >= 0.6 is 0 Å². The summed E-state index contributed by atoms with van der Waals surface area (Å²) in [6.45, 7) is 0.953. The monoisotopic (exact) mass is 259 g/mol. The van der Waals surface area contributed by atoms with Crippen LogP contribution in [0, 0.1) is 5.82 Å². The van der Waals surface area contributed by atoms with Crippen LogP contribution in [0.3, 0.4) is 0 Å². The summed E-state index contributed by atoms with van der Waals surface area (Å²) in [5.74, 6) is 1.46. The van der Waals surface area contributed by atoms with Crippen molar-refractivity contribution in [2.24, 2.45) is 0 Å². The van der Waals surface area contributed by atoms with Gasteiger partial charge in [0.2, 0.25) is 0 Å². The van der Waals surface area contributed by atoms with E-state index in [9.17, 15) is 4.39 Å². The maximum Gasteiger partial charge on any atom is 0.123 e. The van der Waals surface area contributed by atoms with E-state index in [4.69, 9.17) is 0 Å². The fourth-order valence-corrected chi connectivity index (χ4v) is 2.62.